The fourth-order valence-electron chi connectivity index (χ4n) is 3.14. The second-order valence-electron chi connectivity index (χ2n) is 6.10. The molecule has 3 aromatic rings. The Morgan fingerprint density at radius 2 is 1.30 bits per heavy atom. The van der Waals surface area contributed by atoms with E-state index in [0.29, 0.717) is 0 Å². The van der Waals surface area contributed by atoms with E-state index >= 15 is 0 Å². The van der Waals surface area contributed by atoms with Gasteiger partial charge in [0.1, 0.15) is 11.6 Å². The molecular weight excluding hydrogens is 287 g/mol. The number of hydrogen-bond acceptors (Lipinski definition) is 1. The van der Waals surface area contributed by atoms with Gasteiger partial charge < -0.3 is 0 Å². The van der Waals surface area contributed by atoms with E-state index < -0.39 is 0 Å². The summed E-state index contributed by atoms with van der Waals surface area (Å²) in [7, 11) is 0. The molecular formula is C20H21FN2. The zero-order chi connectivity index (χ0) is 16.7. The number of imidazole rings is 1. The molecule has 2 nitrogen and oxygen atoms in total. The van der Waals surface area contributed by atoms with Gasteiger partial charge in [-0.05, 0) is 86.7 Å². The summed E-state index contributed by atoms with van der Waals surface area (Å²) in [6.07, 6.45) is 3.77. The molecule has 0 unspecified atom stereocenters. The Kier molecular flexibility index (Phi) is 3.80. The summed E-state index contributed by atoms with van der Waals surface area (Å²) in [4.78, 5) is 4.50. The van der Waals surface area contributed by atoms with Crippen molar-refractivity contribution in [2.75, 3.05) is 0 Å². The minimum absolute atomic E-state index is 0.235. The smallest absolute Gasteiger partial charge is 0.144 e. The van der Waals surface area contributed by atoms with Crippen molar-refractivity contribution in [1.29, 1.82) is 0 Å². The molecule has 0 fully saturated rings. The first-order valence-electron chi connectivity index (χ1n) is 7.78. The summed E-state index contributed by atoms with van der Waals surface area (Å²) >= 11 is 0. The second-order valence-corrected chi connectivity index (χ2v) is 6.10. The van der Waals surface area contributed by atoms with Crippen LogP contribution in [-0.4, -0.2) is 9.55 Å². The molecule has 0 radical (unpaired) electrons. The van der Waals surface area contributed by atoms with Crippen molar-refractivity contribution in [1.82, 2.24) is 9.55 Å². The van der Waals surface area contributed by atoms with Gasteiger partial charge in [-0.3, -0.25) is 4.57 Å². The molecule has 2 aromatic carbocycles. The predicted molar refractivity (Wildman–Crippen MR) is 92.6 cm³/mol. The highest BCUT2D eigenvalue weighted by Crippen LogP contribution is 2.31. The topological polar surface area (TPSA) is 17.8 Å². The van der Waals surface area contributed by atoms with Crippen LogP contribution in [0.25, 0.3) is 17.1 Å². The molecule has 0 atom stereocenters. The van der Waals surface area contributed by atoms with Crippen molar-refractivity contribution >= 4 is 0 Å². The number of rotatable bonds is 2. The maximum Gasteiger partial charge on any atom is 0.144 e. The van der Waals surface area contributed by atoms with Gasteiger partial charge in [0, 0.05) is 18.0 Å². The normalized spacial score (nSPS) is 11.0. The molecule has 3 rings (SSSR count). The zero-order valence-electron chi connectivity index (χ0n) is 14.2. The maximum atomic E-state index is 13.2. The summed E-state index contributed by atoms with van der Waals surface area (Å²) < 4.78 is 15.3. The average Bonchev–Trinajstić information content (AvgIpc) is 3.01. The van der Waals surface area contributed by atoms with Crippen LogP contribution in [0, 0.1) is 40.4 Å². The Balaban J connectivity index is 2.26. The van der Waals surface area contributed by atoms with Gasteiger partial charge in [-0.2, -0.15) is 0 Å². The Hall–Kier alpha value is -2.42. The third-order valence-electron chi connectivity index (χ3n) is 4.94. The van der Waals surface area contributed by atoms with Crippen LogP contribution in [0.15, 0.2) is 36.7 Å². The molecule has 0 amide bonds. The fourth-order valence-corrected chi connectivity index (χ4v) is 3.14. The lowest BCUT2D eigenvalue weighted by Crippen LogP contribution is -2.07. The highest BCUT2D eigenvalue weighted by atomic mass is 19.1. The standard InChI is InChI=1S/C20H21FN2/c1-12-13(2)15(4)19(16(5)14(12)3)23-11-10-22-20(23)17-6-8-18(21)9-7-17/h6-11H,1-5H3. The Morgan fingerprint density at radius 1 is 0.783 bits per heavy atom. The SMILES string of the molecule is Cc1c(C)c(C)c(-n2ccnc2-c2ccc(F)cc2)c(C)c1C. The van der Waals surface area contributed by atoms with Crippen molar-refractivity contribution in [2.45, 2.75) is 34.6 Å². The fraction of sp³-hybridized carbons (Fsp3) is 0.250. The molecule has 0 bridgehead atoms. The van der Waals surface area contributed by atoms with E-state index in [9.17, 15) is 4.39 Å². The van der Waals surface area contributed by atoms with Gasteiger partial charge in [0.15, 0.2) is 0 Å². The van der Waals surface area contributed by atoms with Crippen molar-refractivity contribution in [3.8, 4) is 17.1 Å². The lowest BCUT2D eigenvalue weighted by Gasteiger charge is -2.20. The van der Waals surface area contributed by atoms with Gasteiger partial charge in [0.05, 0.1) is 5.69 Å². The van der Waals surface area contributed by atoms with E-state index in [1.165, 1.54) is 45.6 Å². The van der Waals surface area contributed by atoms with Crippen molar-refractivity contribution in [3.05, 3.63) is 70.3 Å². The molecule has 0 saturated heterocycles. The molecule has 23 heavy (non-hydrogen) atoms. The second kappa shape index (κ2) is 5.65. The van der Waals surface area contributed by atoms with Crippen LogP contribution in [0.5, 0.6) is 0 Å². The Bertz CT molecular complexity index is 844. The lowest BCUT2D eigenvalue weighted by atomic mass is 9.92. The quantitative estimate of drug-likeness (QED) is 0.634. The van der Waals surface area contributed by atoms with Crippen LogP contribution in [0.2, 0.25) is 0 Å². The number of nitrogens with zero attached hydrogens (tertiary/aromatic N) is 2. The largest absolute Gasteiger partial charge is 0.299 e. The van der Waals surface area contributed by atoms with Crippen LogP contribution in [0.4, 0.5) is 4.39 Å². The number of hydrogen-bond donors (Lipinski definition) is 0. The van der Waals surface area contributed by atoms with Gasteiger partial charge in [-0.1, -0.05) is 0 Å². The van der Waals surface area contributed by atoms with Crippen molar-refractivity contribution < 1.29 is 4.39 Å². The average molecular weight is 308 g/mol. The third kappa shape index (κ3) is 2.46. The number of aromatic nitrogens is 2. The van der Waals surface area contributed by atoms with Gasteiger partial charge in [0.2, 0.25) is 0 Å². The van der Waals surface area contributed by atoms with Gasteiger partial charge in [-0.25, -0.2) is 9.37 Å². The van der Waals surface area contributed by atoms with E-state index in [4.69, 9.17) is 0 Å². The van der Waals surface area contributed by atoms with Crippen molar-refractivity contribution in [2.24, 2.45) is 0 Å². The molecule has 3 heteroatoms. The summed E-state index contributed by atoms with van der Waals surface area (Å²) in [6.45, 7) is 10.8. The summed E-state index contributed by atoms with van der Waals surface area (Å²) in [5.41, 5.74) is 8.54. The van der Waals surface area contributed by atoms with E-state index in [2.05, 4.69) is 44.2 Å². The third-order valence-corrected chi connectivity index (χ3v) is 4.94. The van der Waals surface area contributed by atoms with E-state index in [1.807, 2.05) is 6.20 Å². The van der Waals surface area contributed by atoms with E-state index in [1.54, 1.807) is 18.3 Å². The lowest BCUT2D eigenvalue weighted by molar-refractivity contribution is 0.628. The molecule has 0 aliphatic carbocycles. The van der Waals surface area contributed by atoms with Crippen LogP contribution in [-0.2, 0) is 0 Å². The van der Waals surface area contributed by atoms with Crippen LogP contribution >= 0.6 is 0 Å². The predicted octanol–water partition coefficient (Wildman–Crippen LogP) is 5.22. The maximum absolute atomic E-state index is 13.2. The minimum Gasteiger partial charge on any atom is -0.299 e. The molecule has 1 aromatic heterocycles. The first-order valence-corrected chi connectivity index (χ1v) is 7.78. The summed E-state index contributed by atoms with van der Waals surface area (Å²) in [5, 5.41) is 0. The molecule has 0 aliphatic rings. The first kappa shape index (κ1) is 15.5. The van der Waals surface area contributed by atoms with Crippen LogP contribution in [0.3, 0.4) is 0 Å². The van der Waals surface area contributed by atoms with Gasteiger partial charge in [-0.15, -0.1) is 0 Å². The molecule has 0 N–H and O–H groups in total. The van der Waals surface area contributed by atoms with Crippen LogP contribution < -0.4 is 0 Å². The molecule has 1 heterocycles. The first-order chi connectivity index (χ1) is 10.9. The number of benzene rings is 2. The molecule has 0 saturated carbocycles. The van der Waals surface area contributed by atoms with E-state index in [0.717, 1.165) is 11.4 Å². The molecule has 118 valence electrons. The Labute approximate surface area is 136 Å². The van der Waals surface area contributed by atoms with Crippen molar-refractivity contribution in [3.63, 3.8) is 0 Å². The van der Waals surface area contributed by atoms with Gasteiger partial charge in [0.25, 0.3) is 0 Å². The molecule has 0 aliphatic heterocycles. The molecule has 0 spiro atoms. The Morgan fingerprint density at radius 3 is 1.87 bits per heavy atom. The van der Waals surface area contributed by atoms with E-state index in [-0.39, 0.29) is 5.82 Å². The highest BCUT2D eigenvalue weighted by molar-refractivity contribution is 5.64. The number of halogens is 1. The monoisotopic (exact) mass is 308 g/mol. The van der Waals surface area contributed by atoms with Crippen LogP contribution in [0.1, 0.15) is 27.8 Å². The zero-order valence-corrected chi connectivity index (χ0v) is 14.2. The summed E-state index contributed by atoms with van der Waals surface area (Å²) in [5.74, 6) is 0.597. The minimum atomic E-state index is -0.235. The highest BCUT2D eigenvalue weighted by Gasteiger charge is 2.16. The van der Waals surface area contributed by atoms with Gasteiger partial charge >= 0.3 is 0 Å². The summed E-state index contributed by atoms with van der Waals surface area (Å²) in [6, 6.07) is 6.49.